The smallest absolute Gasteiger partial charge is 0.0888 e. The van der Waals surface area contributed by atoms with Crippen molar-refractivity contribution >= 4 is 10.00 Å². The van der Waals surface area contributed by atoms with Gasteiger partial charge in [0.25, 0.3) is 0 Å². The molecule has 0 fully saturated rings. The van der Waals surface area contributed by atoms with E-state index in [2.05, 4.69) is 0 Å². The molecule has 5 nitrogen and oxygen atoms in total. The maximum atomic E-state index is 13.1. The summed E-state index contributed by atoms with van der Waals surface area (Å²) in [6, 6.07) is 0. The van der Waals surface area contributed by atoms with E-state index in [0.29, 0.717) is 39.3 Å². The summed E-state index contributed by atoms with van der Waals surface area (Å²) in [5.74, 6) is 0. The molecule has 0 amide bonds. The maximum absolute atomic E-state index is 13.1. The highest BCUT2D eigenvalue weighted by Gasteiger charge is 2.49. The molecule has 0 aromatic carbocycles. The van der Waals surface area contributed by atoms with Gasteiger partial charge < -0.3 is 9.11 Å². The van der Waals surface area contributed by atoms with Crippen molar-refractivity contribution in [2.75, 3.05) is 39.3 Å². The van der Waals surface area contributed by atoms with Crippen molar-refractivity contribution in [3.8, 4) is 0 Å². The van der Waals surface area contributed by atoms with Crippen LogP contribution in [-0.4, -0.2) is 60.4 Å². The number of nitrogens with zero attached hydrogens (tertiary/aromatic N) is 2. The van der Waals surface area contributed by atoms with Crippen LogP contribution >= 0.6 is 0 Å². The molecule has 0 aliphatic rings. The molecule has 0 saturated heterocycles. The van der Waals surface area contributed by atoms with E-state index in [1.165, 1.54) is 0 Å². The van der Waals surface area contributed by atoms with Crippen LogP contribution in [0, 0.1) is 0 Å². The molecule has 6 heteroatoms. The summed E-state index contributed by atoms with van der Waals surface area (Å²) in [6.07, 6.45) is 0. The van der Waals surface area contributed by atoms with Crippen LogP contribution in [0.2, 0.25) is 0 Å². The first-order chi connectivity index (χ1) is 8.15. The van der Waals surface area contributed by atoms with Gasteiger partial charge in [-0.1, -0.05) is 0 Å². The molecule has 18 heavy (non-hydrogen) atoms. The third kappa shape index (κ3) is 2.04. The zero-order valence-corrected chi connectivity index (χ0v) is 13.6. The van der Waals surface area contributed by atoms with Gasteiger partial charge in [0.2, 0.25) is 0 Å². The zero-order chi connectivity index (χ0) is 14.7. The Kier molecular flexibility index (Phi) is 5.54. The van der Waals surface area contributed by atoms with Crippen molar-refractivity contribution in [3.05, 3.63) is 0 Å². The van der Waals surface area contributed by atoms with Gasteiger partial charge in [0.1, 0.15) is 0 Å². The lowest BCUT2D eigenvalue weighted by atomic mass is 10.5. The third-order valence-corrected chi connectivity index (χ3v) is 8.89. The van der Waals surface area contributed by atoms with E-state index in [0.717, 1.165) is 0 Å². The quantitative estimate of drug-likeness (QED) is 0.636. The molecule has 0 aromatic heterocycles. The molecule has 0 unspecified atom stereocenters. The molecular weight excluding hydrogens is 252 g/mol. The molecule has 0 aliphatic carbocycles. The highest BCUT2D eigenvalue weighted by atomic mass is 32.3. The summed E-state index contributed by atoms with van der Waals surface area (Å²) >= 11 is 0. The Labute approximate surface area is 112 Å². The molecule has 112 valence electrons. The van der Waals surface area contributed by atoms with Gasteiger partial charge in [-0.25, -0.2) is 12.0 Å². The summed E-state index contributed by atoms with van der Waals surface area (Å²) < 4.78 is 38.4. The minimum atomic E-state index is -5.34. The van der Waals surface area contributed by atoms with Crippen LogP contribution in [0.25, 0.3) is 0 Å². The zero-order valence-electron chi connectivity index (χ0n) is 12.8. The van der Waals surface area contributed by atoms with Crippen molar-refractivity contribution in [2.45, 2.75) is 41.5 Å². The highest BCUT2D eigenvalue weighted by molar-refractivity contribution is 7.99. The number of rotatable bonds is 8. The highest BCUT2D eigenvalue weighted by Crippen LogP contribution is 2.41. The van der Waals surface area contributed by atoms with Crippen LogP contribution in [0.15, 0.2) is 0 Å². The minimum absolute atomic E-state index is 0.325. The predicted molar refractivity (Wildman–Crippen MR) is 73.5 cm³/mol. The second-order valence-electron chi connectivity index (χ2n) is 4.75. The fourth-order valence-electron chi connectivity index (χ4n) is 3.00. The van der Waals surface area contributed by atoms with Crippen molar-refractivity contribution in [3.63, 3.8) is 0 Å². The van der Waals surface area contributed by atoms with E-state index in [9.17, 15) is 13.3 Å². The van der Waals surface area contributed by atoms with Crippen molar-refractivity contribution < 1.29 is 21.1 Å². The van der Waals surface area contributed by atoms with E-state index < -0.39 is 10.00 Å². The summed E-state index contributed by atoms with van der Waals surface area (Å²) in [7, 11) is -5.34. The molecule has 0 aliphatic heterocycles. The molecular formula is C12H30N2O3S. The molecule has 0 atom stereocenters. The average Bonchev–Trinajstić information content (AvgIpc) is 2.33. The van der Waals surface area contributed by atoms with E-state index in [-0.39, 0.29) is 7.78 Å². The molecule has 0 N–H and O–H groups in total. The first kappa shape index (κ1) is 18.0. The van der Waals surface area contributed by atoms with Crippen LogP contribution in [0.3, 0.4) is 0 Å². The van der Waals surface area contributed by atoms with Crippen LogP contribution < -0.4 is 0 Å². The summed E-state index contributed by atoms with van der Waals surface area (Å²) in [6.45, 7) is 12.7. The van der Waals surface area contributed by atoms with Crippen LogP contribution in [0.1, 0.15) is 41.5 Å². The summed E-state index contributed by atoms with van der Waals surface area (Å²) in [4.78, 5) is 0. The van der Waals surface area contributed by atoms with Crippen molar-refractivity contribution in [1.29, 1.82) is 0 Å². The lowest BCUT2D eigenvalue weighted by molar-refractivity contribution is -0.919. The SMILES string of the molecule is CC[N+](CC)(CC)S(=O)([O-])([O-])[N+](CC)(CC)CC. The van der Waals surface area contributed by atoms with Gasteiger partial charge in [0.05, 0.1) is 39.3 Å². The second-order valence-corrected chi connectivity index (χ2v) is 7.76. The molecule has 0 radical (unpaired) electrons. The van der Waals surface area contributed by atoms with Gasteiger partial charge in [0, 0.05) is 10.00 Å². The Morgan fingerprint density at radius 1 is 0.667 bits per heavy atom. The monoisotopic (exact) mass is 282 g/mol. The van der Waals surface area contributed by atoms with Crippen LogP contribution in [0.5, 0.6) is 0 Å². The van der Waals surface area contributed by atoms with Crippen molar-refractivity contribution in [1.82, 2.24) is 0 Å². The topological polar surface area (TPSA) is 63.2 Å². The van der Waals surface area contributed by atoms with Gasteiger partial charge in [-0.15, -0.1) is 0 Å². The van der Waals surface area contributed by atoms with Gasteiger partial charge in [0.15, 0.2) is 0 Å². The first-order valence-corrected chi connectivity index (χ1v) is 8.74. The Hall–Kier alpha value is -0.0100. The Morgan fingerprint density at radius 3 is 0.944 bits per heavy atom. The Bertz CT molecular complexity index is 288. The van der Waals surface area contributed by atoms with Gasteiger partial charge in [-0.2, -0.15) is 0 Å². The fraction of sp³-hybridized carbons (Fsp3) is 1.00. The van der Waals surface area contributed by atoms with Crippen LogP contribution in [-0.2, 0) is 10.00 Å². The number of hydrogen-bond acceptors (Lipinski definition) is 3. The fourth-order valence-corrected chi connectivity index (χ4v) is 6.33. The van der Waals surface area contributed by atoms with E-state index in [1.54, 1.807) is 41.5 Å². The van der Waals surface area contributed by atoms with Gasteiger partial charge >= 0.3 is 0 Å². The molecule has 0 heterocycles. The number of hydrogen-bond donors (Lipinski definition) is 0. The molecule has 0 rings (SSSR count). The summed E-state index contributed by atoms with van der Waals surface area (Å²) in [5, 5.41) is 0. The molecule has 0 saturated carbocycles. The largest absolute Gasteiger partial charge is 0.715 e. The molecule has 0 spiro atoms. The third-order valence-electron chi connectivity index (χ3n) is 4.75. The lowest BCUT2D eigenvalue weighted by Crippen LogP contribution is -2.79. The minimum Gasteiger partial charge on any atom is -0.715 e. The van der Waals surface area contributed by atoms with Gasteiger partial charge in [-0.05, 0) is 41.5 Å². The Morgan fingerprint density at radius 2 is 0.833 bits per heavy atom. The summed E-state index contributed by atoms with van der Waals surface area (Å²) in [5.41, 5.74) is 0. The van der Waals surface area contributed by atoms with E-state index >= 15 is 0 Å². The predicted octanol–water partition coefficient (Wildman–Crippen LogP) is 1.65. The Balaban J connectivity index is 6.16. The maximum Gasteiger partial charge on any atom is 0.0888 e. The lowest BCUT2D eigenvalue weighted by Gasteiger charge is -2.73. The molecule has 0 aromatic rings. The van der Waals surface area contributed by atoms with E-state index in [4.69, 9.17) is 0 Å². The normalized spacial score (nSPS) is 16.3. The molecule has 0 bridgehead atoms. The van der Waals surface area contributed by atoms with Crippen LogP contribution in [0.4, 0.5) is 0 Å². The average molecular weight is 282 g/mol. The van der Waals surface area contributed by atoms with E-state index in [1.807, 2.05) is 0 Å². The number of quaternary nitrogens is 2. The van der Waals surface area contributed by atoms with Gasteiger partial charge in [-0.3, -0.25) is 0 Å². The standard InChI is InChI=1S/C12H30N2O3S/c1-7-13(8-2,9-3)18(15,16,17)14(10-4,11-5)12-6/h7-12H2,1-6H3. The first-order valence-electron chi connectivity index (χ1n) is 7.01. The second kappa shape index (κ2) is 5.54. The van der Waals surface area contributed by atoms with Crippen molar-refractivity contribution in [2.24, 2.45) is 0 Å².